The number of rotatable bonds is 3. The Hall–Kier alpha value is -1.72. The monoisotopic (exact) mass is 199 g/mol. The van der Waals surface area contributed by atoms with E-state index in [-0.39, 0.29) is 0 Å². The summed E-state index contributed by atoms with van der Waals surface area (Å²) < 4.78 is 5.64. The molecular weight excluding hydrogens is 186 g/mol. The fourth-order valence-electron chi connectivity index (χ4n) is 1.46. The minimum atomic E-state index is 0.702. The van der Waals surface area contributed by atoms with Crippen LogP contribution in [0.2, 0.25) is 0 Å². The molecule has 0 fully saturated rings. The number of fused-ring (bicyclic) bond motifs is 1. The van der Waals surface area contributed by atoms with Crippen molar-refractivity contribution >= 4 is 11.0 Å². The zero-order valence-electron chi connectivity index (χ0n) is 8.71. The average molecular weight is 199 g/mol. The van der Waals surface area contributed by atoms with Gasteiger partial charge < -0.3 is 4.42 Å². The van der Waals surface area contributed by atoms with Crippen molar-refractivity contribution < 1.29 is 4.42 Å². The van der Waals surface area contributed by atoms with Crippen molar-refractivity contribution in [3.8, 4) is 11.8 Å². The predicted octanol–water partition coefficient (Wildman–Crippen LogP) is 2.55. The van der Waals surface area contributed by atoms with Crippen molar-refractivity contribution in [1.29, 1.82) is 0 Å². The van der Waals surface area contributed by atoms with Gasteiger partial charge in [-0.3, -0.25) is 5.32 Å². The zero-order chi connectivity index (χ0) is 10.5. The van der Waals surface area contributed by atoms with E-state index in [1.54, 1.807) is 0 Å². The number of para-hydroxylation sites is 1. The van der Waals surface area contributed by atoms with Gasteiger partial charge in [0.05, 0.1) is 13.1 Å². The third kappa shape index (κ3) is 2.39. The van der Waals surface area contributed by atoms with Gasteiger partial charge in [0.2, 0.25) is 0 Å². The molecule has 2 aromatic rings. The Kier molecular flexibility index (Phi) is 3.06. The van der Waals surface area contributed by atoms with Crippen LogP contribution in [-0.2, 0) is 6.54 Å². The first kappa shape index (κ1) is 9.82. The molecule has 76 valence electrons. The maximum atomic E-state index is 5.64. The van der Waals surface area contributed by atoms with E-state index in [1.807, 2.05) is 31.2 Å². The molecule has 0 unspecified atom stereocenters. The Balaban J connectivity index is 2.04. The molecule has 0 amide bonds. The Bertz CT molecular complexity index is 469. The highest BCUT2D eigenvalue weighted by Crippen LogP contribution is 2.18. The van der Waals surface area contributed by atoms with Gasteiger partial charge in [-0.2, -0.15) is 0 Å². The molecule has 2 heteroatoms. The van der Waals surface area contributed by atoms with Gasteiger partial charge in [0.25, 0.3) is 0 Å². The summed E-state index contributed by atoms with van der Waals surface area (Å²) in [5.74, 6) is 6.74. The second kappa shape index (κ2) is 4.68. The van der Waals surface area contributed by atoms with Crippen molar-refractivity contribution in [1.82, 2.24) is 5.32 Å². The minimum Gasteiger partial charge on any atom is -0.460 e. The second-order valence-electron chi connectivity index (χ2n) is 3.28. The quantitative estimate of drug-likeness (QED) is 0.607. The van der Waals surface area contributed by atoms with Crippen molar-refractivity contribution in [2.24, 2.45) is 0 Å². The minimum absolute atomic E-state index is 0.702. The van der Waals surface area contributed by atoms with Crippen LogP contribution in [0.5, 0.6) is 0 Å². The van der Waals surface area contributed by atoms with E-state index in [0.717, 1.165) is 23.3 Å². The molecule has 1 N–H and O–H groups in total. The Morgan fingerprint density at radius 2 is 2.20 bits per heavy atom. The van der Waals surface area contributed by atoms with Crippen molar-refractivity contribution in [3.05, 3.63) is 36.1 Å². The van der Waals surface area contributed by atoms with Crippen LogP contribution in [0.15, 0.2) is 34.7 Å². The molecule has 0 atom stereocenters. The lowest BCUT2D eigenvalue weighted by atomic mass is 10.2. The lowest BCUT2D eigenvalue weighted by Gasteiger charge is -1.94. The van der Waals surface area contributed by atoms with Crippen LogP contribution < -0.4 is 5.32 Å². The van der Waals surface area contributed by atoms with E-state index < -0.39 is 0 Å². The van der Waals surface area contributed by atoms with E-state index >= 15 is 0 Å². The van der Waals surface area contributed by atoms with Gasteiger partial charge in [0.1, 0.15) is 11.3 Å². The molecule has 1 aromatic carbocycles. The Morgan fingerprint density at radius 3 is 3.00 bits per heavy atom. The lowest BCUT2D eigenvalue weighted by molar-refractivity contribution is 0.525. The van der Waals surface area contributed by atoms with Gasteiger partial charge in [-0.05, 0) is 19.1 Å². The van der Waals surface area contributed by atoms with Crippen LogP contribution in [0.4, 0.5) is 0 Å². The van der Waals surface area contributed by atoms with E-state index in [0.29, 0.717) is 6.54 Å². The molecular formula is C13H13NO. The first-order valence-electron chi connectivity index (χ1n) is 4.98. The van der Waals surface area contributed by atoms with Gasteiger partial charge in [-0.1, -0.05) is 24.1 Å². The molecule has 0 spiro atoms. The van der Waals surface area contributed by atoms with Gasteiger partial charge in [-0.15, -0.1) is 5.92 Å². The lowest BCUT2D eigenvalue weighted by Crippen LogP contribution is -2.12. The van der Waals surface area contributed by atoms with Gasteiger partial charge in [0, 0.05) is 5.39 Å². The van der Waals surface area contributed by atoms with Crippen molar-refractivity contribution in [2.75, 3.05) is 6.54 Å². The fraction of sp³-hybridized carbons (Fsp3) is 0.231. The van der Waals surface area contributed by atoms with Crippen molar-refractivity contribution in [2.45, 2.75) is 13.5 Å². The smallest absolute Gasteiger partial charge is 0.134 e. The van der Waals surface area contributed by atoms with E-state index in [9.17, 15) is 0 Å². The molecule has 0 aliphatic rings. The van der Waals surface area contributed by atoms with Crippen molar-refractivity contribution in [3.63, 3.8) is 0 Å². The number of nitrogens with one attached hydrogen (secondary N) is 1. The van der Waals surface area contributed by atoms with Gasteiger partial charge in [0.15, 0.2) is 0 Å². The van der Waals surface area contributed by atoms with E-state index in [1.165, 1.54) is 0 Å². The van der Waals surface area contributed by atoms with Crippen LogP contribution >= 0.6 is 0 Å². The Morgan fingerprint density at radius 1 is 1.33 bits per heavy atom. The maximum absolute atomic E-state index is 5.64. The van der Waals surface area contributed by atoms with Crippen LogP contribution in [0, 0.1) is 11.8 Å². The average Bonchev–Trinajstić information content (AvgIpc) is 2.67. The highest BCUT2D eigenvalue weighted by molar-refractivity contribution is 5.77. The third-order valence-corrected chi connectivity index (χ3v) is 2.17. The maximum Gasteiger partial charge on any atom is 0.134 e. The molecule has 2 rings (SSSR count). The normalized spacial score (nSPS) is 9.93. The first-order chi connectivity index (χ1) is 7.40. The summed E-state index contributed by atoms with van der Waals surface area (Å²) in [5.41, 5.74) is 0.941. The third-order valence-electron chi connectivity index (χ3n) is 2.17. The molecule has 2 nitrogen and oxygen atoms in total. The molecule has 1 aromatic heterocycles. The van der Waals surface area contributed by atoms with Crippen LogP contribution in [0.1, 0.15) is 12.7 Å². The zero-order valence-corrected chi connectivity index (χ0v) is 8.71. The predicted molar refractivity (Wildman–Crippen MR) is 61.4 cm³/mol. The summed E-state index contributed by atoms with van der Waals surface area (Å²) >= 11 is 0. The highest BCUT2D eigenvalue weighted by atomic mass is 16.3. The number of furan rings is 1. The van der Waals surface area contributed by atoms with E-state index in [2.05, 4.69) is 23.2 Å². The van der Waals surface area contributed by atoms with Crippen LogP contribution in [0.3, 0.4) is 0 Å². The van der Waals surface area contributed by atoms with Crippen LogP contribution in [-0.4, -0.2) is 6.54 Å². The summed E-state index contributed by atoms with van der Waals surface area (Å²) in [6.45, 7) is 3.26. The molecule has 1 heterocycles. The van der Waals surface area contributed by atoms with Gasteiger partial charge in [-0.25, -0.2) is 0 Å². The number of hydrogen-bond acceptors (Lipinski definition) is 2. The Labute approximate surface area is 89.3 Å². The molecule has 0 saturated carbocycles. The molecule has 0 radical (unpaired) electrons. The molecule has 0 aliphatic carbocycles. The first-order valence-corrected chi connectivity index (χ1v) is 4.98. The largest absolute Gasteiger partial charge is 0.460 e. The second-order valence-corrected chi connectivity index (χ2v) is 3.28. The van der Waals surface area contributed by atoms with Crippen LogP contribution in [0.25, 0.3) is 11.0 Å². The van der Waals surface area contributed by atoms with E-state index in [4.69, 9.17) is 4.42 Å². The molecule has 0 bridgehead atoms. The number of hydrogen-bond donors (Lipinski definition) is 1. The highest BCUT2D eigenvalue weighted by Gasteiger charge is 2.00. The summed E-state index contributed by atoms with van der Waals surface area (Å²) in [7, 11) is 0. The van der Waals surface area contributed by atoms with Gasteiger partial charge >= 0.3 is 0 Å². The molecule has 15 heavy (non-hydrogen) atoms. The summed E-state index contributed by atoms with van der Waals surface area (Å²) in [6, 6.07) is 10.1. The topological polar surface area (TPSA) is 25.2 Å². The SMILES string of the molecule is CC#CCNCc1cc2ccccc2o1. The molecule has 0 saturated heterocycles. The standard InChI is InChI=1S/C13H13NO/c1-2-3-8-14-10-12-9-11-6-4-5-7-13(11)15-12/h4-7,9,14H,8,10H2,1H3. The summed E-state index contributed by atoms with van der Waals surface area (Å²) in [5, 5.41) is 4.35. The summed E-state index contributed by atoms with van der Waals surface area (Å²) in [6.07, 6.45) is 0. The number of benzene rings is 1. The molecule has 0 aliphatic heterocycles. The summed E-state index contributed by atoms with van der Waals surface area (Å²) in [4.78, 5) is 0. The fourth-order valence-corrected chi connectivity index (χ4v) is 1.46.